The molecule has 1 fully saturated rings. The molecule has 4 nitrogen and oxygen atoms in total. The van der Waals surface area contributed by atoms with Crippen LogP contribution in [-0.2, 0) is 4.74 Å². The standard InChI is InChI=1S/C17H25FN2O2/c1-17(2,3)22-16(21)20-9-5-6-13(12-20)11-19-15-8-4-7-14(18)10-15/h4,7-8,10,13,19H,5-6,9,11-12H2,1-3H3/t13-/m1/s1. The number of hydrogen-bond donors (Lipinski definition) is 1. The molecule has 0 aliphatic carbocycles. The van der Waals surface area contributed by atoms with Crippen molar-refractivity contribution in [3.8, 4) is 0 Å². The van der Waals surface area contributed by atoms with Gasteiger partial charge in [-0.25, -0.2) is 9.18 Å². The molecule has 1 heterocycles. The van der Waals surface area contributed by atoms with Crippen molar-refractivity contribution in [1.29, 1.82) is 0 Å². The van der Waals surface area contributed by atoms with Crippen LogP contribution in [0.15, 0.2) is 24.3 Å². The van der Waals surface area contributed by atoms with Gasteiger partial charge in [0.1, 0.15) is 11.4 Å². The number of rotatable bonds is 3. The van der Waals surface area contributed by atoms with Crippen molar-refractivity contribution in [3.63, 3.8) is 0 Å². The summed E-state index contributed by atoms with van der Waals surface area (Å²) in [4.78, 5) is 13.9. The Morgan fingerprint density at radius 2 is 2.23 bits per heavy atom. The smallest absolute Gasteiger partial charge is 0.410 e. The van der Waals surface area contributed by atoms with Gasteiger partial charge in [-0.3, -0.25) is 0 Å². The lowest BCUT2D eigenvalue weighted by atomic mass is 9.98. The van der Waals surface area contributed by atoms with E-state index in [9.17, 15) is 9.18 Å². The fourth-order valence-corrected chi connectivity index (χ4v) is 2.58. The van der Waals surface area contributed by atoms with Crippen molar-refractivity contribution in [3.05, 3.63) is 30.1 Å². The molecule has 22 heavy (non-hydrogen) atoms. The number of anilines is 1. The molecular weight excluding hydrogens is 283 g/mol. The molecule has 1 amide bonds. The molecule has 1 aliphatic heterocycles. The number of amides is 1. The molecule has 0 unspecified atom stereocenters. The highest BCUT2D eigenvalue weighted by molar-refractivity contribution is 5.68. The number of nitrogens with zero attached hydrogens (tertiary/aromatic N) is 1. The minimum absolute atomic E-state index is 0.246. The summed E-state index contributed by atoms with van der Waals surface area (Å²) in [7, 11) is 0. The summed E-state index contributed by atoms with van der Waals surface area (Å²) >= 11 is 0. The fraction of sp³-hybridized carbons (Fsp3) is 0.588. The predicted molar refractivity (Wildman–Crippen MR) is 85.4 cm³/mol. The maximum atomic E-state index is 13.1. The van der Waals surface area contributed by atoms with Crippen molar-refractivity contribution in [2.24, 2.45) is 5.92 Å². The molecule has 0 aromatic heterocycles. The van der Waals surface area contributed by atoms with Gasteiger partial charge in [0.25, 0.3) is 0 Å². The maximum Gasteiger partial charge on any atom is 0.410 e. The summed E-state index contributed by atoms with van der Waals surface area (Å²) in [6.45, 7) is 7.76. The molecular formula is C17H25FN2O2. The van der Waals surface area contributed by atoms with E-state index >= 15 is 0 Å². The molecule has 2 rings (SSSR count). The number of halogens is 1. The van der Waals surface area contributed by atoms with Crippen LogP contribution in [0.3, 0.4) is 0 Å². The fourth-order valence-electron chi connectivity index (χ4n) is 2.58. The van der Waals surface area contributed by atoms with Gasteiger partial charge in [-0.15, -0.1) is 0 Å². The zero-order chi connectivity index (χ0) is 16.2. The molecule has 0 radical (unpaired) electrons. The van der Waals surface area contributed by atoms with E-state index in [1.165, 1.54) is 12.1 Å². The van der Waals surface area contributed by atoms with Crippen molar-refractivity contribution in [2.45, 2.75) is 39.2 Å². The number of likely N-dealkylation sites (tertiary alicyclic amines) is 1. The zero-order valence-corrected chi connectivity index (χ0v) is 13.6. The van der Waals surface area contributed by atoms with Crippen LogP contribution >= 0.6 is 0 Å². The first-order valence-corrected chi connectivity index (χ1v) is 7.81. The molecule has 1 atom stereocenters. The van der Waals surface area contributed by atoms with Crippen LogP contribution in [-0.4, -0.2) is 36.2 Å². The Kier molecular flexibility index (Phi) is 5.27. The molecule has 0 bridgehead atoms. The summed E-state index contributed by atoms with van der Waals surface area (Å²) in [6, 6.07) is 6.44. The minimum Gasteiger partial charge on any atom is -0.444 e. The summed E-state index contributed by atoms with van der Waals surface area (Å²) < 4.78 is 18.6. The molecule has 1 aliphatic rings. The molecule has 122 valence electrons. The Labute approximate surface area is 131 Å². The monoisotopic (exact) mass is 308 g/mol. The first-order chi connectivity index (χ1) is 10.3. The highest BCUT2D eigenvalue weighted by Crippen LogP contribution is 2.20. The van der Waals surface area contributed by atoms with Crippen LogP contribution in [0.4, 0.5) is 14.9 Å². The Morgan fingerprint density at radius 3 is 2.91 bits per heavy atom. The van der Waals surface area contributed by atoms with Crippen molar-refractivity contribution < 1.29 is 13.9 Å². The largest absolute Gasteiger partial charge is 0.444 e. The number of hydrogen-bond acceptors (Lipinski definition) is 3. The Morgan fingerprint density at radius 1 is 1.45 bits per heavy atom. The first kappa shape index (κ1) is 16.6. The number of carbonyl (C=O) groups is 1. The summed E-state index contributed by atoms with van der Waals surface area (Å²) in [5.74, 6) is 0.105. The third-order valence-electron chi connectivity index (χ3n) is 3.59. The van der Waals surface area contributed by atoms with Crippen molar-refractivity contribution in [1.82, 2.24) is 4.90 Å². The molecule has 5 heteroatoms. The van der Waals surface area contributed by atoms with E-state index in [1.54, 1.807) is 11.0 Å². The summed E-state index contributed by atoms with van der Waals surface area (Å²) in [5.41, 5.74) is 0.304. The lowest BCUT2D eigenvalue weighted by Crippen LogP contribution is -2.44. The van der Waals surface area contributed by atoms with Crippen molar-refractivity contribution >= 4 is 11.8 Å². The number of nitrogens with one attached hydrogen (secondary N) is 1. The summed E-state index contributed by atoms with van der Waals surface area (Å²) in [6.07, 6.45) is 1.78. The van der Waals surface area contributed by atoms with Gasteiger partial charge in [0.15, 0.2) is 0 Å². The van der Waals surface area contributed by atoms with Crippen LogP contribution in [0.5, 0.6) is 0 Å². The predicted octanol–water partition coefficient (Wildman–Crippen LogP) is 3.88. The number of carbonyl (C=O) groups excluding carboxylic acids is 1. The van der Waals surface area contributed by atoms with E-state index in [2.05, 4.69) is 5.32 Å². The molecule has 1 N–H and O–H groups in total. The number of piperidine rings is 1. The van der Waals surface area contributed by atoms with E-state index in [1.807, 2.05) is 26.8 Å². The molecule has 0 spiro atoms. The molecule has 1 aromatic rings. The third-order valence-corrected chi connectivity index (χ3v) is 3.59. The van der Waals surface area contributed by atoms with Gasteiger partial charge in [-0.05, 0) is 57.7 Å². The minimum atomic E-state index is -0.468. The Hall–Kier alpha value is -1.78. The summed E-state index contributed by atoms with van der Waals surface area (Å²) in [5, 5.41) is 3.24. The van der Waals surface area contributed by atoms with Gasteiger partial charge < -0.3 is 15.0 Å². The first-order valence-electron chi connectivity index (χ1n) is 7.81. The van der Waals surface area contributed by atoms with Crippen LogP contribution in [0.25, 0.3) is 0 Å². The molecule has 0 saturated carbocycles. The normalized spacial score (nSPS) is 18.9. The quantitative estimate of drug-likeness (QED) is 0.921. The second kappa shape index (κ2) is 6.99. The topological polar surface area (TPSA) is 41.6 Å². The maximum absolute atomic E-state index is 13.1. The lowest BCUT2D eigenvalue weighted by molar-refractivity contribution is 0.0172. The number of ether oxygens (including phenoxy) is 1. The van der Waals surface area contributed by atoms with E-state index in [4.69, 9.17) is 4.74 Å². The van der Waals surface area contributed by atoms with Gasteiger partial charge in [-0.1, -0.05) is 6.07 Å². The highest BCUT2D eigenvalue weighted by atomic mass is 19.1. The SMILES string of the molecule is CC(C)(C)OC(=O)N1CCC[C@H](CNc2cccc(F)c2)C1. The van der Waals surface area contributed by atoms with Gasteiger partial charge in [0.05, 0.1) is 0 Å². The number of benzene rings is 1. The van der Waals surface area contributed by atoms with E-state index < -0.39 is 5.60 Å². The van der Waals surface area contributed by atoms with Crippen LogP contribution in [0, 0.1) is 11.7 Å². The zero-order valence-electron chi connectivity index (χ0n) is 13.6. The van der Waals surface area contributed by atoms with Gasteiger partial charge >= 0.3 is 6.09 Å². The van der Waals surface area contributed by atoms with Gasteiger partial charge in [0.2, 0.25) is 0 Å². The highest BCUT2D eigenvalue weighted by Gasteiger charge is 2.27. The second-order valence-corrected chi connectivity index (χ2v) is 6.83. The van der Waals surface area contributed by atoms with Crippen LogP contribution in [0.1, 0.15) is 33.6 Å². The van der Waals surface area contributed by atoms with Gasteiger partial charge in [0, 0.05) is 25.3 Å². The van der Waals surface area contributed by atoms with E-state index in [0.29, 0.717) is 12.5 Å². The average molecular weight is 308 g/mol. The van der Waals surface area contributed by atoms with Gasteiger partial charge in [-0.2, -0.15) is 0 Å². The van der Waals surface area contributed by atoms with E-state index in [-0.39, 0.29) is 11.9 Å². The van der Waals surface area contributed by atoms with Crippen LogP contribution < -0.4 is 5.32 Å². The molecule has 1 aromatic carbocycles. The van der Waals surface area contributed by atoms with Crippen LogP contribution in [0.2, 0.25) is 0 Å². The molecule has 1 saturated heterocycles. The average Bonchev–Trinajstić information content (AvgIpc) is 2.44. The Bertz CT molecular complexity index is 514. The second-order valence-electron chi connectivity index (χ2n) is 6.83. The van der Waals surface area contributed by atoms with E-state index in [0.717, 1.165) is 31.6 Å². The Balaban J connectivity index is 1.84. The third kappa shape index (κ3) is 5.20. The van der Waals surface area contributed by atoms with Crippen molar-refractivity contribution in [2.75, 3.05) is 25.0 Å². The lowest BCUT2D eigenvalue weighted by Gasteiger charge is -2.34.